The predicted molar refractivity (Wildman–Crippen MR) is 113 cm³/mol. The molecule has 9 nitrogen and oxygen atoms in total. The predicted octanol–water partition coefficient (Wildman–Crippen LogP) is 2.17. The third-order valence-electron chi connectivity index (χ3n) is 4.55. The maximum absolute atomic E-state index is 14.0. The second-order valence-electron chi connectivity index (χ2n) is 8.05. The molecule has 3 rings (SSSR count). The van der Waals surface area contributed by atoms with E-state index in [0.29, 0.717) is 22.6 Å². The average molecular weight is 433 g/mol. The number of alkyl halides is 1. The summed E-state index contributed by atoms with van der Waals surface area (Å²) in [6.45, 7) is 6.10. The van der Waals surface area contributed by atoms with Crippen molar-refractivity contribution in [2.75, 3.05) is 17.6 Å². The van der Waals surface area contributed by atoms with E-state index >= 15 is 0 Å². The quantitative estimate of drug-likeness (QED) is 0.449. The number of hydrogen-bond acceptors (Lipinski definition) is 7. The molecular formula is C20H25F2N7O2. The summed E-state index contributed by atoms with van der Waals surface area (Å²) < 4.78 is 28.9. The van der Waals surface area contributed by atoms with Gasteiger partial charge in [-0.3, -0.25) is 9.78 Å². The van der Waals surface area contributed by atoms with Crippen molar-refractivity contribution in [1.29, 1.82) is 0 Å². The molecule has 3 aromatic heterocycles. The summed E-state index contributed by atoms with van der Waals surface area (Å²) in [4.78, 5) is 21.0. The Morgan fingerprint density at radius 1 is 1.35 bits per heavy atom. The number of amides is 1. The molecule has 11 heteroatoms. The van der Waals surface area contributed by atoms with Crippen LogP contribution >= 0.6 is 0 Å². The first-order valence-corrected chi connectivity index (χ1v) is 9.68. The molecule has 0 aliphatic heterocycles. The third-order valence-corrected chi connectivity index (χ3v) is 4.55. The van der Waals surface area contributed by atoms with Gasteiger partial charge in [0.1, 0.15) is 6.17 Å². The molecule has 0 fully saturated rings. The van der Waals surface area contributed by atoms with Crippen LogP contribution in [0.3, 0.4) is 0 Å². The fourth-order valence-electron chi connectivity index (χ4n) is 2.82. The molecule has 0 saturated carbocycles. The van der Waals surface area contributed by atoms with E-state index in [4.69, 9.17) is 5.73 Å². The number of anilines is 2. The van der Waals surface area contributed by atoms with E-state index in [1.165, 1.54) is 30.8 Å². The molecule has 0 saturated heterocycles. The number of aliphatic hydroxyl groups is 1. The number of pyridine rings is 1. The molecule has 0 radical (unpaired) electrons. The second-order valence-corrected chi connectivity index (χ2v) is 8.05. The van der Waals surface area contributed by atoms with Crippen LogP contribution in [0.5, 0.6) is 0 Å². The summed E-state index contributed by atoms with van der Waals surface area (Å²) in [5.74, 6) is -1.50. The number of carbonyl (C=O) groups is 1. The lowest BCUT2D eigenvalue weighted by atomic mass is 10.0. The summed E-state index contributed by atoms with van der Waals surface area (Å²) in [5, 5.41) is 19.4. The van der Waals surface area contributed by atoms with Gasteiger partial charge in [-0.2, -0.15) is 5.10 Å². The van der Waals surface area contributed by atoms with Crippen LogP contribution in [0, 0.1) is 5.82 Å². The van der Waals surface area contributed by atoms with Crippen molar-refractivity contribution >= 4 is 23.1 Å². The number of nitrogens with two attached hydrogens (primary N) is 1. The van der Waals surface area contributed by atoms with Crippen molar-refractivity contribution in [3.05, 3.63) is 36.0 Å². The Kier molecular flexibility index (Phi) is 6.07. The van der Waals surface area contributed by atoms with Crippen molar-refractivity contribution < 1.29 is 18.7 Å². The van der Waals surface area contributed by atoms with E-state index in [0.717, 1.165) is 6.20 Å². The molecule has 166 valence electrons. The number of halogens is 2. The lowest BCUT2D eigenvalue weighted by Crippen LogP contribution is -2.42. The first-order valence-electron chi connectivity index (χ1n) is 9.68. The van der Waals surface area contributed by atoms with Gasteiger partial charge in [0.25, 0.3) is 5.91 Å². The second kappa shape index (κ2) is 8.42. The molecule has 0 aliphatic carbocycles. The van der Waals surface area contributed by atoms with Gasteiger partial charge in [0.2, 0.25) is 0 Å². The van der Waals surface area contributed by atoms with Crippen LogP contribution in [0.4, 0.5) is 20.3 Å². The van der Waals surface area contributed by atoms with Crippen LogP contribution in [-0.2, 0) is 0 Å². The lowest BCUT2D eigenvalue weighted by Gasteiger charge is -2.23. The number of rotatable bonds is 7. The molecule has 0 aromatic carbocycles. The van der Waals surface area contributed by atoms with Crippen molar-refractivity contribution in [2.45, 2.75) is 45.5 Å². The molecule has 3 aromatic rings. The number of nitrogens with one attached hydrogen (secondary N) is 2. The van der Waals surface area contributed by atoms with E-state index in [9.17, 15) is 18.7 Å². The summed E-state index contributed by atoms with van der Waals surface area (Å²) in [7, 11) is 0. The highest BCUT2D eigenvalue weighted by Crippen LogP contribution is 2.27. The molecule has 31 heavy (non-hydrogen) atoms. The van der Waals surface area contributed by atoms with Gasteiger partial charge in [-0.05, 0) is 33.8 Å². The van der Waals surface area contributed by atoms with Gasteiger partial charge in [-0.15, -0.1) is 0 Å². The van der Waals surface area contributed by atoms with E-state index in [-0.39, 0.29) is 24.0 Å². The Morgan fingerprint density at radius 2 is 2.06 bits per heavy atom. The minimum atomic E-state index is -1.64. The van der Waals surface area contributed by atoms with Crippen LogP contribution in [0.25, 0.3) is 16.9 Å². The zero-order valence-electron chi connectivity index (χ0n) is 17.6. The molecule has 0 unspecified atom stereocenters. The Morgan fingerprint density at radius 3 is 2.71 bits per heavy atom. The maximum Gasteiger partial charge on any atom is 0.255 e. The van der Waals surface area contributed by atoms with E-state index in [1.54, 1.807) is 6.07 Å². The highest BCUT2D eigenvalue weighted by Gasteiger charge is 2.27. The smallest absolute Gasteiger partial charge is 0.255 e. The Hall–Kier alpha value is -3.34. The largest absolute Gasteiger partial charge is 0.387 e. The van der Waals surface area contributed by atoms with Crippen LogP contribution in [-0.4, -0.2) is 55.0 Å². The molecule has 1 atom stereocenters. The number of nitrogen functional groups attached to an aromatic ring is 1. The zero-order valence-corrected chi connectivity index (χ0v) is 17.6. The van der Waals surface area contributed by atoms with E-state index < -0.39 is 23.5 Å². The van der Waals surface area contributed by atoms with Crippen LogP contribution in [0.2, 0.25) is 0 Å². The first kappa shape index (κ1) is 22.3. The standard InChI is InChI=1S/C20H25F2N7O2/c1-10(2)27-15-5-14(11-7-26-29-9-13(21)17(23)28-18(11)29)24-6-12(15)19(30)25-8-16(22)20(3,4)31/h5-7,9-10,16,31H,8H2,1-4H3,(H2,23,28)(H,24,27)(H,25,30)/t16-/m1/s1. The zero-order chi connectivity index (χ0) is 22.9. The van der Waals surface area contributed by atoms with Gasteiger partial charge >= 0.3 is 0 Å². The Bertz CT molecular complexity index is 1110. The van der Waals surface area contributed by atoms with E-state index in [2.05, 4.69) is 25.7 Å². The molecule has 3 heterocycles. The number of aromatic nitrogens is 4. The third kappa shape index (κ3) is 4.88. The Labute approximate surface area is 177 Å². The summed E-state index contributed by atoms with van der Waals surface area (Å²) in [6.07, 6.45) is 2.30. The monoisotopic (exact) mass is 433 g/mol. The van der Waals surface area contributed by atoms with Gasteiger partial charge in [0, 0.05) is 12.2 Å². The average Bonchev–Trinajstić information content (AvgIpc) is 3.07. The van der Waals surface area contributed by atoms with Gasteiger partial charge in [-0.1, -0.05) is 0 Å². The van der Waals surface area contributed by atoms with Crippen LogP contribution < -0.4 is 16.4 Å². The highest BCUT2D eigenvalue weighted by atomic mass is 19.1. The fraction of sp³-hybridized carbons (Fsp3) is 0.400. The van der Waals surface area contributed by atoms with Gasteiger partial charge in [0.05, 0.1) is 47.0 Å². The molecular weight excluding hydrogens is 408 g/mol. The lowest BCUT2D eigenvalue weighted by molar-refractivity contribution is -0.00177. The van der Waals surface area contributed by atoms with Crippen molar-refractivity contribution in [2.24, 2.45) is 0 Å². The summed E-state index contributed by atoms with van der Waals surface area (Å²) in [5.41, 5.74) is 5.91. The van der Waals surface area contributed by atoms with Crippen molar-refractivity contribution in [3.8, 4) is 11.3 Å². The number of nitrogens with zero attached hydrogens (tertiary/aromatic N) is 4. The molecule has 0 spiro atoms. The summed E-state index contributed by atoms with van der Waals surface area (Å²) >= 11 is 0. The first-order chi connectivity index (χ1) is 14.5. The van der Waals surface area contributed by atoms with Gasteiger partial charge in [-0.25, -0.2) is 18.3 Å². The van der Waals surface area contributed by atoms with Crippen LogP contribution in [0.15, 0.2) is 24.7 Å². The van der Waals surface area contributed by atoms with E-state index in [1.807, 2.05) is 13.8 Å². The molecule has 0 bridgehead atoms. The maximum atomic E-state index is 14.0. The topological polar surface area (TPSA) is 130 Å². The molecule has 5 N–H and O–H groups in total. The Balaban J connectivity index is 1.95. The van der Waals surface area contributed by atoms with Crippen molar-refractivity contribution in [3.63, 3.8) is 0 Å². The molecule has 0 aliphatic rings. The van der Waals surface area contributed by atoms with Gasteiger partial charge < -0.3 is 21.5 Å². The summed E-state index contributed by atoms with van der Waals surface area (Å²) in [6, 6.07) is 1.62. The minimum Gasteiger partial charge on any atom is -0.387 e. The van der Waals surface area contributed by atoms with Gasteiger partial charge in [0.15, 0.2) is 17.3 Å². The number of carbonyl (C=O) groups excluding carboxylic acids is 1. The fourth-order valence-corrected chi connectivity index (χ4v) is 2.82. The van der Waals surface area contributed by atoms with Crippen LogP contribution in [0.1, 0.15) is 38.1 Å². The minimum absolute atomic E-state index is 0.0149. The number of hydrogen-bond donors (Lipinski definition) is 4. The number of fused-ring (bicyclic) bond motifs is 1. The molecule has 1 amide bonds. The SMILES string of the molecule is CC(C)Nc1cc(-c2cnn3cc(F)c(N)nc23)ncc1C(=O)NC[C@@H](F)C(C)(C)O. The normalized spacial score (nSPS) is 12.9. The highest BCUT2D eigenvalue weighted by molar-refractivity contribution is 6.00. The van der Waals surface area contributed by atoms with Crippen molar-refractivity contribution in [1.82, 2.24) is 24.9 Å².